The van der Waals surface area contributed by atoms with Gasteiger partial charge in [0, 0.05) is 24.9 Å². The van der Waals surface area contributed by atoms with Gasteiger partial charge in [-0.3, -0.25) is 10.1 Å². The summed E-state index contributed by atoms with van der Waals surface area (Å²) in [5.74, 6) is 0.764. The van der Waals surface area contributed by atoms with Crippen molar-refractivity contribution < 1.29 is 4.92 Å². The van der Waals surface area contributed by atoms with Crippen molar-refractivity contribution in [2.75, 3.05) is 6.54 Å². The van der Waals surface area contributed by atoms with Gasteiger partial charge in [-0.05, 0) is 31.5 Å². The highest BCUT2D eigenvalue weighted by atomic mass is 16.6. The molecule has 1 N–H and O–H groups in total. The summed E-state index contributed by atoms with van der Waals surface area (Å²) in [6, 6.07) is 8.52. The van der Waals surface area contributed by atoms with E-state index < -0.39 is 0 Å². The summed E-state index contributed by atoms with van der Waals surface area (Å²) in [5, 5.41) is 13.8. The molecule has 0 saturated carbocycles. The second-order valence-corrected chi connectivity index (χ2v) is 4.45. The van der Waals surface area contributed by atoms with Gasteiger partial charge in [0.15, 0.2) is 0 Å². The third-order valence-corrected chi connectivity index (χ3v) is 2.88. The van der Waals surface area contributed by atoms with E-state index in [1.54, 1.807) is 18.3 Å². The lowest BCUT2D eigenvalue weighted by molar-refractivity contribution is -0.384. The minimum absolute atomic E-state index is 0.123. The first-order valence-corrected chi connectivity index (χ1v) is 6.38. The maximum absolute atomic E-state index is 10.5. The van der Waals surface area contributed by atoms with Gasteiger partial charge in [-0.15, -0.1) is 0 Å². The second-order valence-electron chi connectivity index (χ2n) is 4.45. The number of aryl methyl sites for hydroxylation is 1. The van der Waals surface area contributed by atoms with E-state index >= 15 is 0 Å². The monoisotopic (exact) mass is 272 g/mol. The third-order valence-electron chi connectivity index (χ3n) is 2.88. The Hall–Kier alpha value is -2.34. The predicted octanol–water partition coefficient (Wildman–Crippen LogP) is 2.03. The molecule has 0 bridgehead atoms. The zero-order valence-corrected chi connectivity index (χ0v) is 11.2. The highest BCUT2D eigenvalue weighted by Gasteiger charge is 2.03. The van der Waals surface area contributed by atoms with E-state index in [0.29, 0.717) is 6.54 Å². The van der Waals surface area contributed by atoms with Crippen LogP contribution in [-0.4, -0.2) is 21.4 Å². The number of hydrogen-bond acceptors (Lipinski definition) is 5. The van der Waals surface area contributed by atoms with Crippen LogP contribution >= 0.6 is 0 Å². The lowest BCUT2D eigenvalue weighted by Crippen LogP contribution is -2.17. The minimum Gasteiger partial charge on any atom is -0.311 e. The Morgan fingerprint density at radius 3 is 2.65 bits per heavy atom. The van der Waals surface area contributed by atoms with Gasteiger partial charge in [0.2, 0.25) is 0 Å². The Bertz CT molecular complexity index is 584. The molecule has 1 heterocycles. The number of non-ortho nitro benzene ring substituents is 1. The lowest BCUT2D eigenvalue weighted by atomic mass is 10.1. The average Bonchev–Trinajstić information content (AvgIpc) is 2.44. The molecule has 0 aliphatic carbocycles. The van der Waals surface area contributed by atoms with Gasteiger partial charge in [-0.25, -0.2) is 9.97 Å². The number of nitrogens with zero attached hydrogens (tertiary/aromatic N) is 3. The summed E-state index contributed by atoms with van der Waals surface area (Å²) < 4.78 is 0. The first kappa shape index (κ1) is 14.1. The van der Waals surface area contributed by atoms with Crippen molar-refractivity contribution in [3.05, 3.63) is 63.7 Å². The van der Waals surface area contributed by atoms with Gasteiger partial charge < -0.3 is 5.32 Å². The molecule has 2 aromatic rings. The molecule has 0 saturated heterocycles. The first-order chi connectivity index (χ1) is 9.65. The van der Waals surface area contributed by atoms with Crippen LogP contribution in [0.5, 0.6) is 0 Å². The number of rotatable bonds is 6. The highest BCUT2D eigenvalue weighted by molar-refractivity contribution is 5.32. The van der Waals surface area contributed by atoms with E-state index in [4.69, 9.17) is 0 Å². The maximum Gasteiger partial charge on any atom is 0.269 e. The number of nitro benzene ring substituents is 1. The number of aromatic nitrogens is 2. The molecule has 0 aliphatic rings. The third kappa shape index (κ3) is 4.10. The molecule has 6 heteroatoms. The summed E-state index contributed by atoms with van der Waals surface area (Å²) >= 11 is 0. The van der Waals surface area contributed by atoms with E-state index in [2.05, 4.69) is 15.3 Å². The molecular formula is C14H16N4O2. The zero-order chi connectivity index (χ0) is 14.4. The second kappa shape index (κ2) is 6.72. The summed E-state index contributed by atoms with van der Waals surface area (Å²) in [5.41, 5.74) is 2.15. The molecule has 6 nitrogen and oxygen atoms in total. The van der Waals surface area contributed by atoms with Gasteiger partial charge in [0.25, 0.3) is 5.69 Å². The largest absolute Gasteiger partial charge is 0.311 e. The van der Waals surface area contributed by atoms with Crippen LogP contribution in [0.2, 0.25) is 0 Å². The fourth-order valence-corrected chi connectivity index (χ4v) is 1.84. The lowest BCUT2D eigenvalue weighted by Gasteiger charge is -2.05. The van der Waals surface area contributed by atoms with Crippen molar-refractivity contribution in [1.29, 1.82) is 0 Å². The van der Waals surface area contributed by atoms with Crippen molar-refractivity contribution in [1.82, 2.24) is 15.3 Å². The number of nitro groups is 1. The molecule has 0 atom stereocenters. The van der Waals surface area contributed by atoms with Crippen molar-refractivity contribution in [3.8, 4) is 0 Å². The quantitative estimate of drug-likeness (QED) is 0.494. The zero-order valence-electron chi connectivity index (χ0n) is 11.2. The van der Waals surface area contributed by atoms with Gasteiger partial charge in [-0.1, -0.05) is 12.1 Å². The Labute approximate surface area is 117 Å². The van der Waals surface area contributed by atoms with E-state index in [9.17, 15) is 10.1 Å². The average molecular weight is 272 g/mol. The fraction of sp³-hybridized carbons (Fsp3) is 0.286. The van der Waals surface area contributed by atoms with Crippen LogP contribution < -0.4 is 5.32 Å². The number of nitrogens with one attached hydrogen (secondary N) is 1. The molecule has 0 unspecified atom stereocenters. The van der Waals surface area contributed by atoms with Gasteiger partial charge in [0.1, 0.15) is 5.82 Å². The van der Waals surface area contributed by atoms with Crippen LogP contribution in [-0.2, 0) is 13.0 Å². The van der Waals surface area contributed by atoms with E-state index in [0.717, 1.165) is 30.0 Å². The topological polar surface area (TPSA) is 81.0 Å². The smallest absolute Gasteiger partial charge is 0.269 e. The van der Waals surface area contributed by atoms with Crippen molar-refractivity contribution in [3.63, 3.8) is 0 Å². The van der Waals surface area contributed by atoms with Gasteiger partial charge in [-0.2, -0.15) is 0 Å². The Morgan fingerprint density at radius 1 is 1.25 bits per heavy atom. The molecule has 20 heavy (non-hydrogen) atoms. The molecule has 0 radical (unpaired) electrons. The van der Waals surface area contributed by atoms with Crippen molar-refractivity contribution in [2.45, 2.75) is 19.9 Å². The molecule has 0 spiro atoms. The molecule has 1 aromatic carbocycles. The fourth-order valence-electron chi connectivity index (χ4n) is 1.84. The summed E-state index contributed by atoms with van der Waals surface area (Å²) in [7, 11) is 0. The number of hydrogen-bond donors (Lipinski definition) is 1. The van der Waals surface area contributed by atoms with Crippen LogP contribution in [0.4, 0.5) is 5.69 Å². The normalized spacial score (nSPS) is 10.4. The predicted molar refractivity (Wildman–Crippen MR) is 75.3 cm³/mol. The van der Waals surface area contributed by atoms with Crippen LogP contribution in [0.25, 0.3) is 0 Å². The molecule has 2 rings (SSSR count). The number of benzene rings is 1. The molecule has 0 fully saturated rings. The summed E-state index contributed by atoms with van der Waals surface area (Å²) in [4.78, 5) is 18.5. The molecule has 1 aromatic heterocycles. The summed E-state index contributed by atoms with van der Waals surface area (Å²) in [6.45, 7) is 3.34. The highest BCUT2D eigenvalue weighted by Crippen LogP contribution is 2.11. The minimum atomic E-state index is -0.389. The molecule has 0 amide bonds. The Morgan fingerprint density at radius 2 is 2.00 bits per heavy atom. The molecular weight excluding hydrogens is 256 g/mol. The Kier molecular flexibility index (Phi) is 4.73. The molecule has 0 aliphatic heterocycles. The molecule has 104 valence electrons. The van der Waals surface area contributed by atoms with Crippen molar-refractivity contribution in [2.24, 2.45) is 0 Å². The van der Waals surface area contributed by atoms with E-state index in [-0.39, 0.29) is 10.6 Å². The van der Waals surface area contributed by atoms with Gasteiger partial charge in [0.05, 0.1) is 10.6 Å². The van der Waals surface area contributed by atoms with Crippen molar-refractivity contribution >= 4 is 5.69 Å². The van der Waals surface area contributed by atoms with E-state index in [1.807, 2.05) is 13.0 Å². The van der Waals surface area contributed by atoms with Crippen LogP contribution in [0.3, 0.4) is 0 Å². The van der Waals surface area contributed by atoms with E-state index in [1.165, 1.54) is 12.1 Å². The first-order valence-electron chi connectivity index (χ1n) is 6.38. The SMILES string of the molecule is Cc1nccc(CNCCc2ccc([N+](=O)[O-])cc2)n1. The maximum atomic E-state index is 10.5. The standard InChI is InChI=1S/C14H16N4O2/c1-11-16-9-7-13(17-11)10-15-8-6-12-2-4-14(5-3-12)18(19)20/h2-5,7,9,15H,6,8,10H2,1H3. The van der Waals surface area contributed by atoms with Crippen LogP contribution in [0.1, 0.15) is 17.1 Å². The Balaban J connectivity index is 1.77. The summed E-state index contributed by atoms with van der Waals surface area (Å²) in [6.07, 6.45) is 2.57. The van der Waals surface area contributed by atoms with Crippen LogP contribution in [0.15, 0.2) is 36.5 Å². The van der Waals surface area contributed by atoms with Gasteiger partial charge >= 0.3 is 0 Å². The van der Waals surface area contributed by atoms with Crippen LogP contribution in [0, 0.1) is 17.0 Å².